The quantitative estimate of drug-likeness (QED) is 0.347. The molecule has 1 fully saturated rings. The molecule has 0 spiro atoms. The van der Waals surface area contributed by atoms with Crippen LogP contribution in [0.2, 0.25) is 0 Å². The molecule has 0 saturated heterocycles. The zero-order valence-corrected chi connectivity index (χ0v) is 12.3. The van der Waals surface area contributed by atoms with Gasteiger partial charge in [-0.2, -0.15) is 5.26 Å². The number of esters is 1. The lowest BCUT2D eigenvalue weighted by molar-refractivity contribution is -0.385. The summed E-state index contributed by atoms with van der Waals surface area (Å²) in [6.07, 6.45) is 2.36. The van der Waals surface area contributed by atoms with E-state index in [2.05, 4.69) is 0 Å². The summed E-state index contributed by atoms with van der Waals surface area (Å²) in [5.41, 5.74) is -0.146. The summed E-state index contributed by atoms with van der Waals surface area (Å²) < 4.78 is 4.69. The number of thioether (sulfide) groups is 1. The van der Waals surface area contributed by atoms with Gasteiger partial charge in [-0.05, 0) is 30.4 Å². The zero-order chi connectivity index (χ0) is 15.5. The van der Waals surface area contributed by atoms with Crippen LogP contribution in [0, 0.1) is 26.9 Å². The second kappa shape index (κ2) is 6.14. The molecule has 0 radical (unpaired) electrons. The average molecular weight is 306 g/mol. The molecule has 21 heavy (non-hydrogen) atoms. The maximum Gasteiger partial charge on any atom is 0.306 e. The van der Waals surface area contributed by atoms with Gasteiger partial charge in [0.05, 0.1) is 18.5 Å². The summed E-state index contributed by atoms with van der Waals surface area (Å²) >= 11 is 1.51. The number of methoxy groups -OCH3 is 1. The van der Waals surface area contributed by atoms with E-state index in [1.165, 1.54) is 31.0 Å². The van der Waals surface area contributed by atoms with E-state index < -0.39 is 4.92 Å². The second-order valence-corrected chi connectivity index (χ2v) is 6.14. The monoisotopic (exact) mass is 306 g/mol. The van der Waals surface area contributed by atoms with Crippen molar-refractivity contribution in [2.45, 2.75) is 24.2 Å². The van der Waals surface area contributed by atoms with Gasteiger partial charge in [-0.15, -0.1) is 11.8 Å². The highest BCUT2D eigenvalue weighted by Crippen LogP contribution is 2.52. The van der Waals surface area contributed by atoms with Crippen molar-refractivity contribution in [3.8, 4) is 6.07 Å². The summed E-state index contributed by atoms with van der Waals surface area (Å²) in [6, 6.07) is 6.35. The van der Waals surface area contributed by atoms with Crippen LogP contribution in [0.1, 0.15) is 24.8 Å². The first-order valence-electron chi connectivity index (χ1n) is 6.38. The van der Waals surface area contributed by atoms with Gasteiger partial charge in [-0.1, -0.05) is 0 Å². The Balaban J connectivity index is 2.03. The Morgan fingerprint density at radius 3 is 2.81 bits per heavy atom. The Hall–Kier alpha value is -2.07. The molecule has 0 bridgehead atoms. The number of hydrogen-bond donors (Lipinski definition) is 0. The minimum atomic E-state index is -0.563. The molecule has 1 saturated carbocycles. The molecule has 2 rings (SSSR count). The van der Waals surface area contributed by atoms with Crippen molar-refractivity contribution in [1.82, 2.24) is 0 Å². The number of ether oxygens (including phenoxy) is 1. The van der Waals surface area contributed by atoms with E-state index in [0.717, 1.165) is 23.5 Å². The number of nitro benzene ring substituents is 1. The van der Waals surface area contributed by atoms with Gasteiger partial charge in [0, 0.05) is 16.7 Å². The lowest BCUT2D eigenvalue weighted by Gasteiger charge is -2.13. The minimum Gasteiger partial charge on any atom is -0.469 e. The van der Waals surface area contributed by atoms with E-state index >= 15 is 0 Å². The largest absolute Gasteiger partial charge is 0.469 e. The number of hydrogen-bond acceptors (Lipinski definition) is 6. The maximum atomic E-state index is 11.3. The third-order valence-electron chi connectivity index (χ3n) is 3.53. The molecular formula is C14H14N2O4S. The number of carbonyl (C=O) groups excluding carboxylic acids is 1. The molecule has 1 aromatic carbocycles. The SMILES string of the molecule is COC(=O)CC1(CSc2ccc([N+](=O)[O-])c(C#N)c2)CC1. The smallest absolute Gasteiger partial charge is 0.306 e. The zero-order valence-electron chi connectivity index (χ0n) is 11.5. The van der Waals surface area contributed by atoms with E-state index in [9.17, 15) is 14.9 Å². The first-order chi connectivity index (χ1) is 9.99. The first-order valence-corrected chi connectivity index (χ1v) is 7.36. The van der Waals surface area contributed by atoms with Crippen molar-refractivity contribution < 1.29 is 14.5 Å². The van der Waals surface area contributed by atoms with Gasteiger partial charge < -0.3 is 4.74 Å². The molecule has 110 valence electrons. The summed E-state index contributed by atoms with van der Waals surface area (Å²) in [4.78, 5) is 22.4. The summed E-state index contributed by atoms with van der Waals surface area (Å²) in [5.74, 6) is 0.527. The summed E-state index contributed by atoms with van der Waals surface area (Å²) in [7, 11) is 1.38. The van der Waals surface area contributed by atoms with Crippen LogP contribution in [0.4, 0.5) is 5.69 Å². The third-order valence-corrected chi connectivity index (χ3v) is 4.88. The van der Waals surface area contributed by atoms with Gasteiger partial charge in [0.2, 0.25) is 0 Å². The lowest BCUT2D eigenvalue weighted by atomic mass is 10.1. The Bertz CT molecular complexity index is 620. The van der Waals surface area contributed by atoms with Crippen LogP contribution in [0.3, 0.4) is 0 Å². The summed E-state index contributed by atoms with van der Waals surface area (Å²) in [6.45, 7) is 0. The van der Waals surface area contributed by atoms with Crippen molar-refractivity contribution in [1.29, 1.82) is 5.26 Å². The Morgan fingerprint density at radius 1 is 1.57 bits per heavy atom. The van der Waals surface area contributed by atoms with Crippen LogP contribution >= 0.6 is 11.8 Å². The predicted octanol–water partition coefficient (Wildman–Crippen LogP) is 2.90. The van der Waals surface area contributed by atoms with E-state index in [1.807, 2.05) is 6.07 Å². The molecule has 1 aliphatic carbocycles. The molecule has 0 atom stereocenters. The van der Waals surface area contributed by atoms with Gasteiger partial charge in [0.25, 0.3) is 5.69 Å². The Kier molecular flexibility index (Phi) is 4.48. The Morgan fingerprint density at radius 2 is 2.29 bits per heavy atom. The molecule has 0 heterocycles. The lowest BCUT2D eigenvalue weighted by Crippen LogP contribution is -2.12. The van der Waals surface area contributed by atoms with E-state index in [4.69, 9.17) is 10.00 Å². The molecular weight excluding hydrogens is 292 g/mol. The van der Waals surface area contributed by atoms with Crippen LogP contribution in [0.25, 0.3) is 0 Å². The van der Waals surface area contributed by atoms with Crippen LogP contribution < -0.4 is 0 Å². The standard InChI is InChI=1S/C14H14N2O4S/c1-20-13(17)7-14(4-5-14)9-21-11-2-3-12(16(18)19)10(6-11)8-15/h2-3,6H,4-5,7,9H2,1H3. The van der Waals surface area contributed by atoms with Crippen molar-refractivity contribution >= 4 is 23.4 Å². The highest BCUT2D eigenvalue weighted by Gasteiger charge is 2.44. The average Bonchev–Trinajstić information content (AvgIpc) is 3.24. The molecule has 0 unspecified atom stereocenters. The highest BCUT2D eigenvalue weighted by atomic mass is 32.2. The normalized spacial score (nSPS) is 15.0. The molecule has 1 aromatic rings. The predicted molar refractivity (Wildman–Crippen MR) is 76.8 cm³/mol. The van der Waals surface area contributed by atoms with Gasteiger partial charge >= 0.3 is 5.97 Å². The molecule has 0 aromatic heterocycles. The van der Waals surface area contributed by atoms with Crippen LogP contribution in [-0.4, -0.2) is 23.8 Å². The van der Waals surface area contributed by atoms with Crippen molar-refractivity contribution in [3.63, 3.8) is 0 Å². The fourth-order valence-corrected chi connectivity index (χ4v) is 3.25. The molecule has 0 amide bonds. The van der Waals surface area contributed by atoms with Gasteiger partial charge in [-0.3, -0.25) is 14.9 Å². The molecule has 6 nitrogen and oxygen atoms in total. The fourth-order valence-electron chi connectivity index (χ4n) is 2.02. The second-order valence-electron chi connectivity index (χ2n) is 5.09. The molecule has 0 N–H and O–H groups in total. The van der Waals surface area contributed by atoms with Crippen LogP contribution in [0.15, 0.2) is 23.1 Å². The maximum absolute atomic E-state index is 11.3. The fraction of sp³-hybridized carbons (Fsp3) is 0.429. The highest BCUT2D eigenvalue weighted by molar-refractivity contribution is 7.99. The first kappa shape index (κ1) is 15.3. The number of nitrogens with zero attached hydrogens (tertiary/aromatic N) is 2. The number of rotatable bonds is 6. The van der Waals surface area contributed by atoms with Crippen molar-refractivity contribution in [2.24, 2.45) is 5.41 Å². The minimum absolute atomic E-state index is 0.0215. The number of nitro groups is 1. The number of nitriles is 1. The van der Waals surface area contributed by atoms with Crippen LogP contribution in [-0.2, 0) is 9.53 Å². The van der Waals surface area contributed by atoms with Crippen molar-refractivity contribution in [2.75, 3.05) is 12.9 Å². The molecule has 7 heteroatoms. The van der Waals surface area contributed by atoms with Gasteiger partial charge in [0.1, 0.15) is 11.6 Å². The molecule has 0 aliphatic heterocycles. The topological polar surface area (TPSA) is 93.2 Å². The molecule has 1 aliphatic rings. The van der Waals surface area contributed by atoms with E-state index in [1.54, 1.807) is 6.07 Å². The van der Waals surface area contributed by atoms with E-state index in [-0.39, 0.29) is 22.6 Å². The number of benzene rings is 1. The van der Waals surface area contributed by atoms with Crippen LogP contribution in [0.5, 0.6) is 0 Å². The Labute approximate surface area is 126 Å². The van der Waals surface area contributed by atoms with Gasteiger partial charge in [-0.25, -0.2) is 0 Å². The van der Waals surface area contributed by atoms with E-state index in [0.29, 0.717) is 6.42 Å². The number of carbonyl (C=O) groups is 1. The van der Waals surface area contributed by atoms with Gasteiger partial charge in [0.15, 0.2) is 0 Å². The van der Waals surface area contributed by atoms with Crippen molar-refractivity contribution in [3.05, 3.63) is 33.9 Å². The summed E-state index contributed by atoms with van der Waals surface area (Å²) in [5, 5.41) is 19.7. The third kappa shape index (κ3) is 3.73.